The molecule has 3 nitrogen and oxygen atoms in total. The molecular formula is C17H25NO2S. The molecule has 2 rings (SSSR count). The fraction of sp³-hybridized carbons (Fsp3) is 0.529. The van der Waals surface area contributed by atoms with Gasteiger partial charge in [0.05, 0.1) is 19.7 Å². The smallest absolute Gasteiger partial charge is 0.137 e. The molecule has 0 aromatic heterocycles. The van der Waals surface area contributed by atoms with Crippen molar-refractivity contribution in [2.75, 3.05) is 13.7 Å². The van der Waals surface area contributed by atoms with Crippen LogP contribution in [-0.4, -0.2) is 33.3 Å². The number of hydrogen-bond donors (Lipinski definition) is 0. The third kappa shape index (κ3) is 4.02. The van der Waals surface area contributed by atoms with Crippen LogP contribution >= 0.6 is 0 Å². The second-order valence-corrected chi connectivity index (χ2v) is 8.79. The predicted molar refractivity (Wildman–Crippen MR) is 88.8 cm³/mol. The minimum absolute atomic E-state index is 0.233. The highest BCUT2D eigenvalue weighted by Crippen LogP contribution is 2.32. The highest BCUT2D eigenvalue weighted by atomic mass is 32.2. The number of rotatable bonds is 4. The van der Waals surface area contributed by atoms with E-state index in [9.17, 15) is 4.55 Å². The summed E-state index contributed by atoms with van der Waals surface area (Å²) in [5.41, 5.74) is 2.41. The molecule has 0 bridgehead atoms. The molecule has 2 atom stereocenters. The van der Waals surface area contributed by atoms with Crippen molar-refractivity contribution in [2.45, 2.75) is 44.4 Å². The van der Waals surface area contributed by atoms with Gasteiger partial charge in [0.25, 0.3) is 0 Å². The number of hydrogen-bond acceptors (Lipinski definition) is 3. The molecule has 0 amide bonds. The van der Waals surface area contributed by atoms with Crippen LogP contribution < -0.4 is 4.74 Å². The van der Waals surface area contributed by atoms with Gasteiger partial charge in [0.2, 0.25) is 0 Å². The van der Waals surface area contributed by atoms with Crippen LogP contribution in [0.1, 0.15) is 32.8 Å². The average Bonchev–Trinajstić information content (AvgIpc) is 2.78. The zero-order valence-electron chi connectivity index (χ0n) is 13.4. The van der Waals surface area contributed by atoms with Gasteiger partial charge in [0.1, 0.15) is 10.5 Å². The first-order valence-corrected chi connectivity index (χ1v) is 8.40. The lowest BCUT2D eigenvalue weighted by Gasteiger charge is -2.33. The second-order valence-electron chi connectivity index (χ2n) is 6.60. The Bertz CT molecular complexity index is 493. The summed E-state index contributed by atoms with van der Waals surface area (Å²) in [6.45, 7) is 10.9. The van der Waals surface area contributed by atoms with Crippen LogP contribution in [-0.2, 0) is 17.8 Å². The zero-order valence-corrected chi connectivity index (χ0v) is 14.2. The summed E-state index contributed by atoms with van der Waals surface area (Å²) in [7, 11) is 1.67. The van der Waals surface area contributed by atoms with Gasteiger partial charge >= 0.3 is 0 Å². The molecule has 0 N–H and O–H groups in total. The van der Waals surface area contributed by atoms with Crippen molar-refractivity contribution in [2.24, 2.45) is 0 Å². The van der Waals surface area contributed by atoms with E-state index >= 15 is 0 Å². The van der Waals surface area contributed by atoms with Gasteiger partial charge in [-0.1, -0.05) is 24.3 Å². The van der Waals surface area contributed by atoms with E-state index in [2.05, 4.69) is 23.0 Å². The Morgan fingerprint density at radius 1 is 1.33 bits per heavy atom. The van der Waals surface area contributed by atoms with Crippen molar-refractivity contribution < 1.29 is 9.29 Å². The first-order valence-electron chi connectivity index (χ1n) is 7.29. The summed E-state index contributed by atoms with van der Waals surface area (Å²) in [5, 5.41) is 0. The molecule has 1 fully saturated rings. The van der Waals surface area contributed by atoms with E-state index in [1.807, 2.05) is 32.9 Å². The quantitative estimate of drug-likeness (QED) is 0.632. The van der Waals surface area contributed by atoms with Crippen LogP contribution in [0.2, 0.25) is 0 Å². The van der Waals surface area contributed by atoms with Crippen molar-refractivity contribution in [1.82, 2.24) is 4.31 Å². The van der Waals surface area contributed by atoms with Crippen LogP contribution in [0.15, 0.2) is 36.4 Å². The molecule has 0 radical (unpaired) electrons. The average molecular weight is 307 g/mol. The fourth-order valence-corrected chi connectivity index (χ4v) is 4.03. The summed E-state index contributed by atoms with van der Waals surface area (Å²) in [4.78, 5) is 0. The summed E-state index contributed by atoms with van der Waals surface area (Å²) in [6, 6.07) is 8.39. The molecule has 1 unspecified atom stereocenters. The Labute approximate surface area is 131 Å². The molecule has 21 heavy (non-hydrogen) atoms. The van der Waals surface area contributed by atoms with Gasteiger partial charge in [0.15, 0.2) is 0 Å². The summed E-state index contributed by atoms with van der Waals surface area (Å²) in [5.74, 6) is 0.865. The molecule has 1 aromatic rings. The Hall–Kier alpha value is -0.970. The van der Waals surface area contributed by atoms with Crippen molar-refractivity contribution in [1.29, 1.82) is 0 Å². The van der Waals surface area contributed by atoms with Crippen LogP contribution in [0.4, 0.5) is 0 Å². The molecule has 1 heterocycles. The van der Waals surface area contributed by atoms with Gasteiger partial charge in [-0.3, -0.25) is 0 Å². The Morgan fingerprint density at radius 3 is 2.48 bits per heavy atom. The van der Waals surface area contributed by atoms with E-state index in [4.69, 9.17) is 4.74 Å². The number of nitrogens with zero attached hydrogens (tertiary/aromatic N) is 1. The first-order chi connectivity index (χ1) is 9.81. The Morgan fingerprint density at radius 2 is 1.95 bits per heavy atom. The summed E-state index contributed by atoms with van der Waals surface area (Å²) < 4.78 is 19.7. The standard InChI is InChI=1S/C17H25NO2S/c1-13-10-15(18(12-13)21(19)17(2,3)4)11-14-6-8-16(20-5)9-7-14/h6-9,15H,1,10-12H2,2-5H3/t15-,21?/m0/s1. The zero-order chi connectivity index (χ0) is 15.6. The minimum Gasteiger partial charge on any atom is -0.597 e. The Balaban J connectivity index is 2.10. The predicted octanol–water partition coefficient (Wildman–Crippen LogP) is 3.33. The first kappa shape index (κ1) is 16.4. The maximum absolute atomic E-state index is 12.7. The molecule has 1 aromatic carbocycles. The normalized spacial score (nSPS) is 21.6. The lowest BCUT2D eigenvalue weighted by atomic mass is 10.0. The molecular weight excluding hydrogens is 282 g/mol. The van der Waals surface area contributed by atoms with Gasteiger partial charge in [-0.2, -0.15) is 0 Å². The van der Waals surface area contributed by atoms with Crippen molar-refractivity contribution in [3.8, 4) is 5.75 Å². The highest BCUT2D eigenvalue weighted by Gasteiger charge is 2.41. The van der Waals surface area contributed by atoms with Crippen LogP contribution in [0, 0.1) is 0 Å². The summed E-state index contributed by atoms with van der Waals surface area (Å²) in [6.07, 6.45) is 1.82. The SMILES string of the molecule is C=C1C[C@@H](Cc2ccc(OC)cc2)N([S+]([O-])C(C)(C)C)C1. The van der Waals surface area contributed by atoms with Crippen molar-refractivity contribution in [3.05, 3.63) is 42.0 Å². The summed E-state index contributed by atoms with van der Waals surface area (Å²) >= 11 is -0.995. The molecule has 0 saturated carbocycles. The van der Waals surface area contributed by atoms with Crippen LogP contribution in [0.3, 0.4) is 0 Å². The fourth-order valence-electron chi connectivity index (χ4n) is 2.60. The second kappa shape index (κ2) is 6.42. The van der Waals surface area contributed by atoms with E-state index in [0.29, 0.717) is 0 Å². The molecule has 1 saturated heterocycles. The molecule has 116 valence electrons. The van der Waals surface area contributed by atoms with E-state index in [1.54, 1.807) is 7.11 Å². The maximum atomic E-state index is 12.7. The maximum Gasteiger partial charge on any atom is 0.137 e. The van der Waals surface area contributed by atoms with E-state index in [0.717, 1.165) is 25.1 Å². The minimum atomic E-state index is -0.995. The van der Waals surface area contributed by atoms with Crippen LogP contribution in [0.5, 0.6) is 5.75 Å². The lowest BCUT2D eigenvalue weighted by Crippen LogP contribution is -2.46. The number of benzene rings is 1. The van der Waals surface area contributed by atoms with Crippen molar-refractivity contribution >= 4 is 11.4 Å². The molecule has 1 aliphatic heterocycles. The third-order valence-electron chi connectivity index (χ3n) is 3.68. The van der Waals surface area contributed by atoms with Gasteiger partial charge < -0.3 is 9.29 Å². The largest absolute Gasteiger partial charge is 0.597 e. The van der Waals surface area contributed by atoms with Crippen molar-refractivity contribution in [3.63, 3.8) is 0 Å². The van der Waals surface area contributed by atoms with E-state index in [1.165, 1.54) is 11.1 Å². The molecule has 4 heteroatoms. The molecule has 1 aliphatic rings. The highest BCUT2D eigenvalue weighted by molar-refractivity contribution is 7.90. The monoisotopic (exact) mass is 307 g/mol. The Kier molecular flexibility index (Phi) is 5.02. The van der Waals surface area contributed by atoms with Crippen LogP contribution in [0.25, 0.3) is 0 Å². The topological polar surface area (TPSA) is 35.5 Å². The lowest BCUT2D eigenvalue weighted by molar-refractivity contribution is 0.371. The van der Waals surface area contributed by atoms with E-state index in [-0.39, 0.29) is 10.8 Å². The molecule has 0 aliphatic carbocycles. The number of ether oxygens (including phenoxy) is 1. The van der Waals surface area contributed by atoms with E-state index < -0.39 is 11.4 Å². The van der Waals surface area contributed by atoms with Gasteiger partial charge in [0, 0.05) is 11.4 Å². The van der Waals surface area contributed by atoms with Gasteiger partial charge in [-0.25, -0.2) is 0 Å². The number of methoxy groups -OCH3 is 1. The molecule has 0 spiro atoms. The third-order valence-corrected chi connectivity index (χ3v) is 5.58. The van der Waals surface area contributed by atoms with Gasteiger partial charge in [-0.15, -0.1) is 4.31 Å². The van der Waals surface area contributed by atoms with Gasteiger partial charge in [-0.05, 0) is 51.3 Å².